The fourth-order valence-electron chi connectivity index (χ4n) is 2.41. The van der Waals surface area contributed by atoms with Gasteiger partial charge in [0.2, 0.25) is 0 Å². The van der Waals surface area contributed by atoms with Crippen LogP contribution < -0.4 is 10.2 Å². The second-order valence-corrected chi connectivity index (χ2v) is 6.44. The molecule has 1 saturated heterocycles. The quantitative estimate of drug-likeness (QED) is 0.798. The molecular weight excluding hydrogens is 373 g/mol. The highest BCUT2D eigenvalue weighted by Gasteiger charge is 2.22. The third kappa shape index (κ3) is 3.83. The predicted molar refractivity (Wildman–Crippen MR) is 96.3 cm³/mol. The van der Waals surface area contributed by atoms with Crippen LogP contribution in [0.5, 0.6) is 0 Å². The van der Waals surface area contributed by atoms with E-state index in [1.807, 2.05) is 0 Å². The van der Waals surface area contributed by atoms with Crippen LogP contribution in [0.2, 0.25) is 15.1 Å². The Balaban J connectivity index is 1.61. The minimum atomic E-state index is -0.228. The van der Waals surface area contributed by atoms with Crippen molar-refractivity contribution in [3.05, 3.63) is 45.8 Å². The number of hydrogen-bond acceptors (Lipinski definition) is 4. The van der Waals surface area contributed by atoms with Crippen molar-refractivity contribution in [1.82, 2.24) is 14.9 Å². The molecule has 24 heavy (non-hydrogen) atoms. The molecule has 1 aromatic heterocycles. The molecule has 3 rings (SSSR count). The summed E-state index contributed by atoms with van der Waals surface area (Å²) in [4.78, 5) is 24.5. The summed E-state index contributed by atoms with van der Waals surface area (Å²) >= 11 is 17.9. The lowest BCUT2D eigenvalue weighted by molar-refractivity contribution is 0.208. The molecule has 0 bridgehead atoms. The monoisotopic (exact) mass is 385 g/mol. The van der Waals surface area contributed by atoms with Gasteiger partial charge < -0.3 is 15.1 Å². The summed E-state index contributed by atoms with van der Waals surface area (Å²) in [6, 6.07) is 2.82. The zero-order chi connectivity index (χ0) is 17.1. The second-order valence-electron chi connectivity index (χ2n) is 5.21. The van der Waals surface area contributed by atoms with Crippen LogP contribution in [0, 0.1) is 0 Å². The van der Waals surface area contributed by atoms with E-state index in [9.17, 15) is 4.79 Å². The maximum Gasteiger partial charge on any atom is 0.322 e. The van der Waals surface area contributed by atoms with E-state index in [0.29, 0.717) is 46.9 Å². The van der Waals surface area contributed by atoms with Crippen molar-refractivity contribution < 1.29 is 4.79 Å². The summed E-state index contributed by atoms with van der Waals surface area (Å²) in [5.74, 6) is 0.810. The number of halogens is 3. The molecule has 2 heterocycles. The molecule has 1 fully saturated rings. The van der Waals surface area contributed by atoms with E-state index in [0.717, 1.165) is 5.82 Å². The average Bonchev–Trinajstić information content (AvgIpc) is 2.60. The Morgan fingerprint density at radius 1 is 1.00 bits per heavy atom. The van der Waals surface area contributed by atoms with E-state index in [4.69, 9.17) is 34.8 Å². The van der Waals surface area contributed by atoms with Gasteiger partial charge in [0.1, 0.15) is 5.82 Å². The molecule has 9 heteroatoms. The highest BCUT2D eigenvalue weighted by atomic mass is 35.5. The normalized spacial score (nSPS) is 14.6. The van der Waals surface area contributed by atoms with Gasteiger partial charge in [0.25, 0.3) is 0 Å². The molecule has 0 saturated carbocycles. The van der Waals surface area contributed by atoms with Crippen molar-refractivity contribution in [2.45, 2.75) is 0 Å². The molecule has 1 aromatic carbocycles. The fraction of sp³-hybridized carbons (Fsp3) is 0.267. The van der Waals surface area contributed by atoms with Crippen molar-refractivity contribution in [2.24, 2.45) is 0 Å². The summed E-state index contributed by atoms with van der Waals surface area (Å²) < 4.78 is 0. The van der Waals surface area contributed by atoms with E-state index < -0.39 is 0 Å². The van der Waals surface area contributed by atoms with Crippen LogP contribution in [0.1, 0.15) is 0 Å². The number of rotatable bonds is 2. The summed E-state index contributed by atoms with van der Waals surface area (Å²) in [5, 5.41) is 3.79. The first-order chi connectivity index (χ1) is 11.5. The number of anilines is 2. The number of amides is 2. The lowest BCUT2D eigenvalue weighted by Crippen LogP contribution is -2.50. The minimum absolute atomic E-state index is 0.228. The molecule has 0 radical (unpaired) electrons. The number of piperazine rings is 1. The van der Waals surface area contributed by atoms with Gasteiger partial charge in [-0.15, -0.1) is 0 Å². The van der Waals surface area contributed by atoms with Crippen molar-refractivity contribution in [3.8, 4) is 0 Å². The number of nitrogens with one attached hydrogen (secondary N) is 1. The summed E-state index contributed by atoms with van der Waals surface area (Å²) in [5.41, 5.74) is 0.437. The molecule has 2 aromatic rings. The highest BCUT2D eigenvalue weighted by Crippen LogP contribution is 2.32. The van der Waals surface area contributed by atoms with Gasteiger partial charge in [-0.3, -0.25) is 4.98 Å². The van der Waals surface area contributed by atoms with E-state index in [2.05, 4.69) is 20.2 Å². The lowest BCUT2D eigenvalue weighted by Gasteiger charge is -2.35. The Labute approximate surface area is 154 Å². The Bertz CT molecular complexity index is 735. The number of benzene rings is 1. The van der Waals surface area contributed by atoms with E-state index in [1.165, 1.54) is 6.07 Å². The largest absolute Gasteiger partial charge is 0.352 e. The number of hydrogen-bond donors (Lipinski definition) is 1. The highest BCUT2D eigenvalue weighted by molar-refractivity contribution is 6.44. The van der Waals surface area contributed by atoms with E-state index >= 15 is 0 Å². The molecule has 0 unspecified atom stereocenters. The van der Waals surface area contributed by atoms with Gasteiger partial charge in [0.15, 0.2) is 0 Å². The Morgan fingerprint density at radius 2 is 1.71 bits per heavy atom. The van der Waals surface area contributed by atoms with Gasteiger partial charge in [-0.2, -0.15) is 0 Å². The van der Waals surface area contributed by atoms with Gasteiger partial charge in [-0.25, -0.2) is 9.78 Å². The van der Waals surface area contributed by atoms with Gasteiger partial charge in [-0.1, -0.05) is 34.8 Å². The molecule has 2 amide bonds. The van der Waals surface area contributed by atoms with Gasteiger partial charge in [0.05, 0.1) is 27.0 Å². The summed E-state index contributed by atoms with van der Waals surface area (Å²) in [6.07, 6.45) is 5.00. The van der Waals surface area contributed by atoms with Gasteiger partial charge in [-0.05, 0) is 12.1 Å². The fourth-order valence-corrected chi connectivity index (χ4v) is 3.00. The van der Waals surface area contributed by atoms with Gasteiger partial charge in [0, 0.05) is 38.6 Å². The topological polar surface area (TPSA) is 61.4 Å². The van der Waals surface area contributed by atoms with Crippen molar-refractivity contribution in [2.75, 3.05) is 36.4 Å². The number of nitrogens with zero attached hydrogens (tertiary/aromatic N) is 4. The second kappa shape index (κ2) is 7.42. The molecule has 0 spiro atoms. The van der Waals surface area contributed by atoms with Crippen LogP contribution in [0.15, 0.2) is 30.7 Å². The van der Waals surface area contributed by atoms with Crippen LogP contribution in [0.4, 0.5) is 16.3 Å². The van der Waals surface area contributed by atoms with Crippen LogP contribution in [-0.4, -0.2) is 47.1 Å². The van der Waals surface area contributed by atoms with Crippen LogP contribution in [-0.2, 0) is 0 Å². The third-order valence-electron chi connectivity index (χ3n) is 3.69. The summed E-state index contributed by atoms with van der Waals surface area (Å²) in [7, 11) is 0. The van der Waals surface area contributed by atoms with Crippen LogP contribution >= 0.6 is 34.8 Å². The molecule has 6 nitrogen and oxygen atoms in total. The smallest absolute Gasteiger partial charge is 0.322 e. The Morgan fingerprint density at radius 3 is 2.38 bits per heavy atom. The number of carbonyl (C=O) groups excluding carboxylic acids is 1. The minimum Gasteiger partial charge on any atom is -0.352 e. The zero-order valence-corrected chi connectivity index (χ0v) is 14.8. The van der Waals surface area contributed by atoms with Crippen LogP contribution in [0.25, 0.3) is 0 Å². The zero-order valence-electron chi connectivity index (χ0n) is 12.5. The Hall–Kier alpha value is -1.76. The number of aromatic nitrogens is 2. The predicted octanol–water partition coefficient (Wildman–Crippen LogP) is 3.79. The molecule has 1 aliphatic rings. The molecule has 1 aliphatic heterocycles. The Kier molecular flexibility index (Phi) is 5.28. The van der Waals surface area contributed by atoms with Crippen molar-refractivity contribution >= 4 is 52.3 Å². The molecule has 126 valence electrons. The lowest BCUT2D eigenvalue weighted by atomic mass is 10.3. The van der Waals surface area contributed by atoms with E-state index in [-0.39, 0.29) is 6.03 Å². The van der Waals surface area contributed by atoms with Gasteiger partial charge >= 0.3 is 6.03 Å². The first-order valence-electron chi connectivity index (χ1n) is 7.26. The SMILES string of the molecule is O=C(Nc1cc(Cl)c(Cl)cc1Cl)N1CCN(c2cnccn2)CC1. The standard InChI is InChI=1S/C15H14Cl3N5O/c16-10-7-12(18)13(8-11(10)17)21-15(24)23-5-3-22(4-6-23)14-9-19-1-2-20-14/h1-2,7-9H,3-6H2,(H,21,24). The summed E-state index contributed by atoms with van der Waals surface area (Å²) in [6.45, 7) is 2.51. The van der Waals surface area contributed by atoms with Crippen molar-refractivity contribution in [3.63, 3.8) is 0 Å². The maximum absolute atomic E-state index is 12.4. The maximum atomic E-state index is 12.4. The third-order valence-corrected chi connectivity index (χ3v) is 4.73. The first-order valence-corrected chi connectivity index (χ1v) is 8.39. The first kappa shape index (κ1) is 17.1. The van der Waals surface area contributed by atoms with Crippen LogP contribution in [0.3, 0.4) is 0 Å². The number of carbonyl (C=O) groups is 1. The average molecular weight is 387 g/mol. The molecular formula is C15H14Cl3N5O. The molecule has 0 aliphatic carbocycles. The molecule has 0 atom stereocenters. The van der Waals surface area contributed by atoms with E-state index in [1.54, 1.807) is 29.6 Å². The number of urea groups is 1. The molecule has 1 N–H and O–H groups in total. The van der Waals surface area contributed by atoms with Crippen molar-refractivity contribution in [1.29, 1.82) is 0 Å².